The van der Waals surface area contributed by atoms with Crippen LogP contribution in [0.3, 0.4) is 0 Å². The van der Waals surface area contributed by atoms with E-state index in [1.54, 1.807) is 7.05 Å². The molecule has 0 aliphatic rings. The highest BCUT2D eigenvalue weighted by Gasteiger charge is 2.18. The van der Waals surface area contributed by atoms with E-state index in [0.717, 1.165) is 34.9 Å². The first kappa shape index (κ1) is 17.5. The third-order valence-electron chi connectivity index (χ3n) is 4.05. The molecule has 0 radical (unpaired) electrons. The highest BCUT2D eigenvalue weighted by Crippen LogP contribution is 2.29. The van der Waals surface area contributed by atoms with Crippen LogP contribution < -0.4 is 5.32 Å². The quantitative estimate of drug-likeness (QED) is 0.797. The van der Waals surface area contributed by atoms with Gasteiger partial charge in [0, 0.05) is 35.8 Å². The second kappa shape index (κ2) is 7.64. The van der Waals surface area contributed by atoms with Gasteiger partial charge in [0.15, 0.2) is 0 Å². The molecule has 0 spiro atoms. The van der Waals surface area contributed by atoms with Gasteiger partial charge in [-0.05, 0) is 49.4 Å². The van der Waals surface area contributed by atoms with Crippen molar-refractivity contribution >= 4 is 34.2 Å². The Kier molecular flexibility index (Phi) is 5.83. The van der Waals surface area contributed by atoms with E-state index in [2.05, 4.69) is 10.3 Å². The van der Waals surface area contributed by atoms with Crippen LogP contribution in [-0.2, 0) is 11.2 Å². The van der Waals surface area contributed by atoms with Crippen LogP contribution in [0.25, 0.3) is 10.9 Å². The number of ketones is 1. The van der Waals surface area contributed by atoms with Gasteiger partial charge in [0.25, 0.3) is 5.91 Å². The number of H-pyrrole nitrogens is 1. The van der Waals surface area contributed by atoms with Gasteiger partial charge in [-0.25, -0.2) is 0 Å². The first-order valence-electron chi connectivity index (χ1n) is 8.02. The molecular formula is C18H23ClN2O2. The number of hydrogen-bond acceptors (Lipinski definition) is 2. The molecule has 5 heteroatoms. The number of carbonyl (C=O) groups is 2. The molecule has 2 aromatic rings. The van der Waals surface area contributed by atoms with Crippen molar-refractivity contribution in [1.82, 2.24) is 10.3 Å². The van der Waals surface area contributed by atoms with Crippen molar-refractivity contribution in [2.45, 2.75) is 46.0 Å². The molecule has 124 valence electrons. The molecule has 23 heavy (non-hydrogen) atoms. The van der Waals surface area contributed by atoms with Crippen molar-refractivity contribution in [1.29, 1.82) is 0 Å². The Morgan fingerprint density at radius 1 is 1.26 bits per heavy atom. The predicted octanol–water partition coefficient (Wildman–Crippen LogP) is 4.18. The molecule has 2 N–H and O–H groups in total. The normalized spacial score (nSPS) is 11.0. The highest BCUT2D eigenvalue weighted by molar-refractivity contribution is 6.32. The molecule has 1 amide bonds. The van der Waals surface area contributed by atoms with Crippen LogP contribution in [0.1, 0.15) is 54.2 Å². The van der Waals surface area contributed by atoms with Crippen LogP contribution in [0, 0.1) is 6.92 Å². The van der Waals surface area contributed by atoms with Crippen molar-refractivity contribution in [2.75, 3.05) is 7.05 Å². The zero-order valence-electron chi connectivity index (χ0n) is 13.9. The fourth-order valence-corrected chi connectivity index (χ4v) is 2.99. The Bertz CT molecular complexity index is 734. The molecule has 1 aromatic carbocycles. The second-order valence-electron chi connectivity index (χ2n) is 5.85. The van der Waals surface area contributed by atoms with E-state index in [4.69, 9.17) is 11.6 Å². The van der Waals surface area contributed by atoms with Gasteiger partial charge in [0.1, 0.15) is 11.5 Å². The van der Waals surface area contributed by atoms with Crippen LogP contribution in [0.4, 0.5) is 0 Å². The van der Waals surface area contributed by atoms with E-state index in [1.807, 2.05) is 26.0 Å². The molecular weight excluding hydrogens is 312 g/mol. The van der Waals surface area contributed by atoms with Gasteiger partial charge in [0.05, 0.1) is 0 Å². The predicted molar refractivity (Wildman–Crippen MR) is 94.3 cm³/mol. The summed E-state index contributed by atoms with van der Waals surface area (Å²) in [6.07, 6.45) is 3.51. The van der Waals surface area contributed by atoms with Gasteiger partial charge in [-0.15, -0.1) is 0 Å². The summed E-state index contributed by atoms with van der Waals surface area (Å²) in [5.41, 5.74) is 3.36. The summed E-state index contributed by atoms with van der Waals surface area (Å²) in [4.78, 5) is 27.0. The van der Waals surface area contributed by atoms with E-state index in [-0.39, 0.29) is 11.7 Å². The Morgan fingerprint density at radius 3 is 2.65 bits per heavy atom. The number of aromatic amines is 1. The van der Waals surface area contributed by atoms with E-state index < -0.39 is 0 Å². The number of Topliss-reactive ketones (excluding diaryl/α,β-unsaturated/α-hetero) is 1. The maximum absolute atomic E-state index is 12.1. The number of benzene rings is 1. The molecule has 2 rings (SSSR count). The summed E-state index contributed by atoms with van der Waals surface area (Å²) in [5, 5.41) is 4.34. The topological polar surface area (TPSA) is 62.0 Å². The first-order chi connectivity index (χ1) is 11.0. The molecule has 1 heterocycles. The Morgan fingerprint density at radius 2 is 2.00 bits per heavy atom. The van der Waals surface area contributed by atoms with Crippen molar-refractivity contribution in [3.05, 3.63) is 34.0 Å². The summed E-state index contributed by atoms with van der Waals surface area (Å²) in [5.74, 6) is 0.137. The first-order valence-corrected chi connectivity index (χ1v) is 8.40. The molecule has 0 saturated carbocycles. The molecule has 4 nitrogen and oxygen atoms in total. The van der Waals surface area contributed by atoms with Crippen LogP contribution in [0.5, 0.6) is 0 Å². The van der Waals surface area contributed by atoms with E-state index in [1.165, 1.54) is 0 Å². The minimum atomic E-state index is -0.148. The molecule has 0 atom stereocenters. The lowest BCUT2D eigenvalue weighted by atomic mass is 10.0. The standard InChI is InChI=1S/C18H23ClN2O2/c1-4-6-12(22)7-5-8-13-14-9-11(2)15(19)10-16(14)21-17(13)18(23)20-3/h9-10,21H,4-8H2,1-3H3,(H,20,23). The third kappa shape index (κ3) is 3.94. The minimum absolute atomic E-state index is 0.148. The Balaban J connectivity index is 2.32. The van der Waals surface area contributed by atoms with Gasteiger partial charge in [0.2, 0.25) is 0 Å². The molecule has 0 aliphatic heterocycles. The zero-order chi connectivity index (χ0) is 17.0. The number of amides is 1. The lowest BCUT2D eigenvalue weighted by Gasteiger charge is -2.05. The molecule has 0 unspecified atom stereocenters. The number of aromatic nitrogens is 1. The molecule has 1 aromatic heterocycles. The van der Waals surface area contributed by atoms with E-state index >= 15 is 0 Å². The number of rotatable bonds is 7. The van der Waals surface area contributed by atoms with Gasteiger partial charge < -0.3 is 10.3 Å². The monoisotopic (exact) mass is 334 g/mol. The molecule has 0 saturated heterocycles. The van der Waals surface area contributed by atoms with Gasteiger partial charge in [-0.3, -0.25) is 9.59 Å². The van der Waals surface area contributed by atoms with Crippen molar-refractivity contribution in [3.63, 3.8) is 0 Å². The highest BCUT2D eigenvalue weighted by atomic mass is 35.5. The average Bonchev–Trinajstić information content (AvgIpc) is 2.85. The fraction of sp³-hybridized carbons (Fsp3) is 0.444. The smallest absolute Gasteiger partial charge is 0.267 e. The van der Waals surface area contributed by atoms with Crippen LogP contribution >= 0.6 is 11.6 Å². The molecule has 0 aliphatic carbocycles. The van der Waals surface area contributed by atoms with Gasteiger partial charge >= 0.3 is 0 Å². The Labute approximate surface area is 141 Å². The number of halogens is 1. The Hall–Kier alpha value is -1.81. The largest absolute Gasteiger partial charge is 0.354 e. The second-order valence-corrected chi connectivity index (χ2v) is 6.25. The van der Waals surface area contributed by atoms with Crippen molar-refractivity contribution in [3.8, 4) is 0 Å². The summed E-state index contributed by atoms with van der Waals surface area (Å²) in [6.45, 7) is 3.96. The maximum Gasteiger partial charge on any atom is 0.267 e. The summed E-state index contributed by atoms with van der Waals surface area (Å²) < 4.78 is 0. The van der Waals surface area contributed by atoms with E-state index in [9.17, 15) is 9.59 Å². The zero-order valence-corrected chi connectivity index (χ0v) is 14.6. The van der Waals surface area contributed by atoms with Crippen LogP contribution in [-0.4, -0.2) is 23.7 Å². The summed E-state index contributed by atoms with van der Waals surface area (Å²) in [7, 11) is 1.61. The van der Waals surface area contributed by atoms with Crippen molar-refractivity contribution < 1.29 is 9.59 Å². The number of hydrogen-bond donors (Lipinski definition) is 2. The number of nitrogens with one attached hydrogen (secondary N) is 2. The van der Waals surface area contributed by atoms with Crippen molar-refractivity contribution in [2.24, 2.45) is 0 Å². The van der Waals surface area contributed by atoms with Crippen LogP contribution in [0.2, 0.25) is 5.02 Å². The summed E-state index contributed by atoms with van der Waals surface area (Å²) in [6, 6.07) is 3.86. The average molecular weight is 335 g/mol. The van der Waals surface area contributed by atoms with Gasteiger partial charge in [-0.2, -0.15) is 0 Å². The maximum atomic E-state index is 12.1. The number of aryl methyl sites for hydroxylation is 2. The fourth-order valence-electron chi connectivity index (χ4n) is 2.82. The molecule has 0 bridgehead atoms. The minimum Gasteiger partial charge on any atom is -0.354 e. The lowest BCUT2D eigenvalue weighted by Crippen LogP contribution is -2.19. The number of carbonyl (C=O) groups excluding carboxylic acids is 2. The molecule has 0 fully saturated rings. The van der Waals surface area contributed by atoms with E-state index in [0.29, 0.717) is 30.0 Å². The van der Waals surface area contributed by atoms with Crippen LogP contribution in [0.15, 0.2) is 12.1 Å². The SMILES string of the molecule is CCCC(=O)CCCc1c(C(=O)NC)[nH]c2cc(Cl)c(C)cc12. The third-order valence-corrected chi connectivity index (χ3v) is 4.46. The summed E-state index contributed by atoms with van der Waals surface area (Å²) >= 11 is 6.18. The number of fused-ring (bicyclic) bond motifs is 1. The lowest BCUT2D eigenvalue weighted by molar-refractivity contribution is -0.119. The van der Waals surface area contributed by atoms with Gasteiger partial charge in [-0.1, -0.05) is 18.5 Å².